The first-order valence-electron chi connectivity index (χ1n) is 19.1. The molecule has 0 amide bonds. The predicted molar refractivity (Wildman–Crippen MR) is 230 cm³/mol. The number of benzene rings is 9. The molecule has 0 aliphatic heterocycles. The van der Waals surface area contributed by atoms with Crippen molar-refractivity contribution in [2.45, 2.75) is 5.41 Å². The van der Waals surface area contributed by atoms with Crippen molar-refractivity contribution >= 4 is 49.6 Å². The first-order chi connectivity index (χ1) is 27.7. The molecule has 0 unspecified atom stereocenters. The topological polar surface area (TPSA) is 8.17 Å². The second-order valence-corrected chi connectivity index (χ2v) is 14.7. The van der Waals surface area contributed by atoms with Crippen molar-refractivity contribution in [1.82, 2.24) is 4.57 Å². The fourth-order valence-electron chi connectivity index (χ4n) is 9.30. The molecule has 0 saturated carbocycles. The number of halogens is 1. The van der Waals surface area contributed by atoms with Crippen molar-refractivity contribution in [3.05, 3.63) is 240 Å². The Hall–Kier alpha value is -7.23. The van der Waals surface area contributed by atoms with Crippen LogP contribution in [0.3, 0.4) is 0 Å². The van der Waals surface area contributed by atoms with Crippen LogP contribution in [0.15, 0.2) is 212 Å². The van der Waals surface area contributed by atoms with Crippen LogP contribution < -0.4 is 4.90 Å². The van der Waals surface area contributed by atoms with Gasteiger partial charge in [0, 0.05) is 33.5 Å². The van der Waals surface area contributed by atoms with Crippen molar-refractivity contribution in [2.24, 2.45) is 0 Å². The van der Waals surface area contributed by atoms with Gasteiger partial charge in [0.2, 0.25) is 0 Å². The van der Waals surface area contributed by atoms with Gasteiger partial charge in [0.25, 0.3) is 0 Å². The highest BCUT2D eigenvalue weighted by atomic mass is 19.1. The summed E-state index contributed by atoms with van der Waals surface area (Å²) in [4.78, 5) is 2.35. The van der Waals surface area contributed by atoms with Crippen LogP contribution in [0.5, 0.6) is 0 Å². The maximum atomic E-state index is 14.9. The van der Waals surface area contributed by atoms with Gasteiger partial charge >= 0.3 is 0 Å². The fraction of sp³-hybridized carbons (Fsp3) is 0.0189. The van der Waals surface area contributed by atoms with Crippen LogP contribution >= 0.6 is 0 Å². The first kappa shape index (κ1) is 32.2. The monoisotopic (exact) mass is 718 g/mol. The van der Waals surface area contributed by atoms with Crippen molar-refractivity contribution in [3.63, 3.8) is 0 Å². The summed E-state index contributed by atoms with van der Waals surface area (Å²) in [6, 6.07) is 75.0. The third-order valence-corrected chi connectivity index (χ3v) is 11.7. The third-order valence-electron chi connectivity index (χ3n) is 11.7. The minimum atomic E-state index is -0.566. The maximum absolute atomic E-state index is 14.9. The molecule has 0 saturated heterocycles. The van der Waals surface area contributed by atoms with E-state index in [-0.39, 0.29) is 5.82 Å². The Balaban J connectivity index is 1.20. The van der Waals surface area contributed by atoms with Gasteiger partial charge in [-0.1, -0.05) is 133 Å². The summed E-state index contributed by atoms with van der Waals surface area (Å²) < 4.78 is 17.1. The molecule has 0 radical (unpaired) electrons. The highest BCUT2D eigenvalue weighted by molar-refractivity contribution is 6.10. The normalized spacial score (nSPS) is 12.9. The van der Waals surface area contributed by atoms with Gasteiger partial charge in [-0.2, -0.15) is 0 Å². The molecule has 3 heteroatoms. The van der Waals surface area contributed by atoms with Crippen LogP contribution in [0.4, 0.5) is 21.5 Å². The Kier molecular flexibility index (Phi) is 7.30. The average Bonchev–Trinajstić information content (AvgIpc) is 3.73. The summed E-state index contributed by atoms with van der Waals surface area (Å²) in [5.41, 5.74) is 12.9. The second-order valence-electron chi connectivity index (χ2n) is 14.7. The quantitative estimate of drug-likeness (QED) is 0.166. The zero-order valence-electron chi connectivity index (χ0n) is 30.5. The fourth-order valence-corrected chi connectivity index (χ4v) is 9.30. The molecule has 1 aromatic heterocycles. The lowest BCUT2D eigenvalue weighted by molar-refractivity contribution is 0.629. The number of rotatable bonds is 6. The van der Waals surface area contributed by atoms with E-state index in [1.807, 2.05) is 24.3 Å². The largest absolute Gasteiger partial charge is 0.310 e. The predicted octanol–water partition coefficient (Wildman–Crippen LogP) is 13.9. The molecule has 10 aromatic rings. The van der Waals surface area contributed by atoms with Crippen molar-refractivity contribution in [2.75, 3.05) is 4.90 Å². The molecule has 56 heavy (non-hydrogen) atoms. The van der Waals surface area contributed by atoms with Crippen LogP contribution in [0, 0.1) is 5.82 Å². The van der Waals surface area contributed by atoms with E-state index in [9.17, 15) is 4.39 Å². The molecule has 1 heterocycles. The Morgan fingerprint density at radius 1 is 0.393 bits per heavy atom. The molecule has 11 rings (SSSR count). The van der Waals surface area contributed by atoms with Crippen molar-refractivity contribution in [3.8, 4) is 16.8 Å². The van der Waals surface area contributed by atoms with E-state index in [1.54, 1.807) is 12.1 Å². The second kappa shape index (κ2) is 12.7. The van der Waals surface area contributed by atoms with Crippen LogP contribution in [-0.4, -0.2) is 4.57 Å². The molecular weight excluding hydrogens is 684 g/mol. The van der Waals surface area contributed by atoms with Gasteiger partial charge in [0.1, 0.15) is 5.82 Å². The smallest absolute Gasteiger partial charge is 0.125 e. The summed E-state index contributed by atoms with van der Waals surface area (Å²) in [6.07, 6.45) is 0. The number of nitrogens with zero attached hydrogens (tertiary/aromatic N) is 2. The third kappa shape index (κ3) is 4.81. The Morgan fingerprint density at radius 2 is 0.911 bits per heavy atom. The number of hydrogen-bond acceptors (Lipinski definition) is 1. The summed E-state index contributed by atoms with van der Waals surface area (Å²) in [7, 11) is 0. The van der Waals surface area contributed by atoms with E-state index in [0.29, 0.717) is 0 Å². The summed E-state index contributed by atoms with van der Waals surface area (Å²) in [6.45, 7) is 0. The molecule has 0 fully saturated rings. The molecule has 0 bridgehead atoms. The van der Waals surface area contributed by atoms with E-state index in [0.717, 1.165) is 44.6 Å². The van der Waals surface area contributed by atoms with Gasteiger partial charge in [0.15, 0.2) is 0 Å². The molecule has 1 aliphatic rings. The number of para-hydroxylation sites is 2. The number of fused-ring (bicyclic) bond motifs is 7. The molecular formula is C53H35FN2. The van der Waals surface area contributed by atoms with Crippen molar-refractivity contribution < 1.29 is 4.39 Å². The number of hydrogen-bond donors (Lipinski definition) is 0. The Labute approximate surface area is 325 Å². The van der Waals surface area contributed by atoms with Crippen LogP contribution in [-0.2, 0) is 5.41 Å². The van der Waals surface area contributed by atoms with E-state index in [1.165, 1.54) is 44.2 Å². The van der Waals surface area contributed by atoms with Gasteiger partial charge in [0.05, 0.1) is 16.4 Å². The van der Waals surface area contributed by atoms with E-state index in [4.69, 9.17) is 0 Å². The lowest BCUT2D eigenvalue weighted by Crippen LogP contribution is -2.28. The van der Waals surface area contributed by atoms with Crippen LogP contribution in [0.1, 0.15) is 22.3 Å². The zero-order chi connectivity index (χ0) is 37.2. The Bertz CT molecular complexity index is 3040. The van der Waals surface area contributed by atoms with Crippen LogP contribution in [0.25, 0.3) is 49.4 Å². The molecule has 9 aromatic carbocycles. The van der Waals surface area contributed by atoms with Crippen LogP contribution in [0.2, 0.25) is 0 Å². The van der Waals surface area contributed by atoms with Gasteiger partial charge < -0.3 is 9.47 Å². The summed E-state index contributed by atoms with van der Waals surface area (Å²) in [5.74, 6) is -0.254. The minimum absolute atomic E-state index is 0.254. The van der Waals surface area contributed by atoms with Gasteiger partial charge in [-0.25, -0.2) is 4.39 Å². The molecule has 0 spiro atoms. The SMILES string of the molecule is Fc1ccc2c3ccc(N(c4ccccc4)c4ccc5c(c4)C(c4ccccc4)(c4ccccc4)c4cc6ccccc6cc4-5)cc3n(-c3ccccc3)c2c1. The number of aromatic nitrogens is 1. The lowest BCUT2D eigenvalue weighted by Gasteiger charge is -2.35. The maximum Gasteiger partial charge on any atom is 0.125 e. The standard InChI is InChI=1S/C53H35FN2/c54-40-25-28-46-47-30-27-44(35-52(47)56(51(46)33-40)42-23-11-4-12-24-42)55(41-21-9-3-10-22-41)43-26-29-45-48-31-36-15-13-14-16-37(36)32-49(48)53(50(45)34-43,38-17-5-1-6-18-38)39-19-7-2-8-20-39/h1-35H. The average molecular weight is 719 g/mol. The molecule has 2 nitrogen and oxygen atoms in total. The van der Waals surface area contributed by atoms with Gasteiger partial charge in [-0.3, -0.25) is 0 Å². The molecule has 0 N–H and O–H groups in total. The summed E-state index contributed by atoms with van der Waals surface area (Å²) in [5, 5.41) is 4.54. The number of anilines is 3. The van der Waals surface area contributed by atoms with E-state index < -0.39 is 5.41 Å². The first-order valence-corrected chi connectivity index (χ1v) is 19.1. The summed E-state index contributed by atoms with van der Waals surface area (Å²) >= 11 is 0. The Morgan fingerprint density at radius 3 is 1.59 bits per heavy atom. The molecule has 264 valence electrons. The van der Waals surface area contributed by atoms with E-state index in [2.05, 4.69) is 185 Å². The molecule has 0 atom stereocenters. The molecule has 1 aliphatic carbocycles. The van der Waals surface area contributed by atoms with E-state index >= 15 is 0 Å². The van der Waals surface area contributed by atoms with Gasteiger partial charge in [-0.15, -0.1) is 0 Å². The minimum Gasteiger partial charge on any atom is -0.310 e. The van der Waals surface area contributed by atoms with Gasteiger partial charge in [-0.05, 0) is 123 Å². The van der Waals surface area contributed by atoms with Crippen molar-refractivity contribution in [1.29, 1.82) is 0 Å². The zero-order valence-corrected chi connectivity index (χ0v) is 30.5. The lowest BCUT2D eigenvalue weighted by atomic mass is 9.67. The highest BCUT2D eigenvalue weighted by Crippen LogP contribution is 2.58. The highest BCUT2D eigenvalue weighted by Gasteiger charge is 2.46.